The number of anilines is 1. The Balaban J connectivity index is 1.72. The number of halogens is 1. The van der Waals surface area contributed by atoms with E-state index in [2.05, 4.69) is 5.32 Å². The Kier molecular flexibility index (Phi) is 9.79. The number of nitrogens with one attached hydrogen (secondary N) is 1. The number of sulfonamides is 1. The van der Waals surface area contributed by atoms with Crippen LogP contribution in [0.2, 0.25) is 5.02 Å². The number of rotatable bonds is 11. The molecule has 0 aromatic heterocycles. The zero-order valence-corrected chi connectivity index (χ0v) is 22.8. The van der Waals surface area contributed by atoms with Gasteiger partial charge in [-0.3, -0.25) is 13.9 Å². The highest BCUT2D eigenvalue weighted by Gasteiger charge is 2.29. The van der Waals surface area contributed by atoms with E-state index in [9.17, 15) is 18.0 Å². The summed E-state index contributed by atoms with van der Waals surface area (Å²) in [5.74, 6) is -0.362. The summed E-state index contributed by atoms with van der Waals surface area (Å²) in [6, 6.07) is 14.0. The van der Waals surface area contributed by atoms with Gasteiger partial charge in [-0.15, -0.1) is 0 Å². The van der Waals surface area contributed by atoms with Crippen LogP contribution in [0.3, 0.4) is 0 Å². The first-order valence-electron chi connectivity index (χ1n) is 12.4. The molecular formula is C27H36ClN3O4S. The predicted octanol–water partition coefficient (Wildman–Crippen LogP) is 4.67. The molecule has 1 atom stereocenters. The zero-order chi connectivity index (χ0) is 26.3. The van der Waals surface area contributed by atoms with Gasteiger partial charge in [0.1, 0.15) is 6.04 Å². The summed E-state index contributed by atoms with van der Waals surface area (Å²) in [4.78, 5) is 28.0. The second kappa shape index (κ2) is 12.6. The van der Waals surface area contributed by atoms with Crippen LogP contribution in [0.5, 0.6) is 0 Å². The van der Waals surface area contributed by atoms with Crippen molar-refractivity contribution in [1.29, 1.82) is 0 Å². The molecule has 0 unspecified atom stereocenters. The zero-order valence-electron chi connectivity index (χ0n) is 21.2. The van der Waals surface area contributed by atoms with E-state index < -0.39 is 16.1 Å². The number of hydrogen-bond donors (Lipinski definition) is 1. The Hall–Kier alpha value is -2.58. The molecule has 0 radical (unpaired) electrons. The summed E-state index contributed by atoms with van der Waals surface area (Å²) in [7, 11) is -3.52. The second-order valence-electron chi connectivity index (χ2n) is 9.54. The molecule has 196 valence electrons. The largest absolute Gasteiger partial charge is 0.352 e. The molecule has 2 aromatic rings. The first-order chi connectivity index (χ1) is 17.1. The predicted molar refractivity (Wildman–Crippen MR) is 144 cm³/mol. The summed E-state index contributed by atoms with van der Waals surface area (Å²) < 4.78 is 26.3. The molecule has 3 rings (SSSR count). The summed E-state index contributed by atoms with van der Waals surface area (Å²) in [6.45, 7) is 4.04. The van der Waals surface area contributed by atoms with Crippen LogP contribution in [0.1, 0.15) is 56.6 Å². The topological polar surface area (TPSA) is 86.8 Å². The number of hydrogen-bond acceptors (Lipinski definition) is 4. The smallest absolute Gasteiger partial charge is 0.242 e. The standard InChI is InChI=1S/C27H36ClN3O4S/c1-20-9-4-7-12-25(20)31(36(3,34)35)18-8-13-26(32)30(19-22-14-16-23(28)17-15-22)21(2)27(33)29-24-10-5-6-11-24/h4,7,9,12,14-17,21,24H,5-6,8,10-11,13,18-19H2,1-3H3,(H,29,33)/t21-/m0/s1. The molecule has 0 bridgehead atoms. The molecule has 0 spiro atoms. The van der Waals surface area contributed by atoms with E-state index in [0.717, 1.165) is 36.8 Å². The summed E-state index contributed by atoms with van der Waals surface area (Å²) >= 11 is 6.02. The van der Waals surface area contributed by atoms with Crippen molar-refractivity contribution in [3.63, 3.8) is 0 Å². The highest BCUT2D eigenvalue weighted by Crippen LogP contribution is 2.23. The molecule has 0 aliphatic heterocycles. The summed E-state index contributed by atoms with van der Waals surface area (Å²) in [5.41, 5.74) is 2.32. The molecule has 36 heavy (non-hydrogen) atoms. The van der Waals surface area contributed by atoms with Crippen molar-refractivity contribution >= 4 is 39.1 Å². The average molecular weight is 534 g/mol. The molecule has 2 aromatic carbocycles. The molecule has 1 fully saturated rings. The fraction of sp³-hybridized carbons (Fsp3) is 0.481. The van der Waals surface area contributed by atoms with E-state index in [1.807, 2.05) is 31.2 Å². The SMILES string of the molecule is Cc1ccccc1N(CCCC(=O)N(Cc1ccc(Cl)cc1)[C@@H](C)C(=O)NC1CCCC1)S(C)(=O)=O. The molecule has 1 saturated carbocycles. The molecule has 7 nitrogen and oxygen atoms in total. The quantitative estimate of drug-likeness (QED) is 0.454. The molecule has 1 N–H and O–H groups in total. The van der Waals surface area contributed by atoms with Gasteiger partial charge in [-0.25, -0.2) is 8.42 Å². The van der Waals surface area contributed by atoms with Gasteiger partial charge in [-0.1, -0.05) is 54.8 Å². The van der Waals surface area contributed by atoms with Crippen molar-refractivity contribution in [2.75, 3.05) is 17.1 Å². The minimum absolute atomic E-state index is 0.118. The monoisotopic (exact) mass is 533 g/mol. The molecule has 2 amide bonds. The number of carbonyl (C=O) groups is 2. The first-order valence-corrected chi connectivity index (χ1v) is 14.7. The minimum atomic E-state index is -3.52. The Morgan fingerprint density at radius 3 is 2.33 bits per heavy atom. The number of benzene rings is 2. The fourth-order valence-electron chi connectivity index (χ4n) is 4.59. The van der Waals surface area contributed by atoms with Crippen LogP contribution in [0, 0.1) is 6.92 Å². The van der Waals surface area contributed by atoms with Gasteiger partial charge in [-0.2, -0.15) is 0 Å². The van der Waals surface area contributed by atoms with Crippen molar-refractivity contribution in [2.24, 2.45) is 0 Å². The maximum atomic E-state index is 13.4. The lowest BCUT2D eigenvalue weighted by Crippen LogP contribution is -2.49. The van der Waals surface area contributed by atoms with Crippen LogP contribution in [0.15, 0.2) is 48.5 Å². The number of para-hydroxylation sites is 1. The van der Waals surface area contributed by atoms with Crippen LogP contribution in [-0.4, -0.2) is 50.0 Å². The van der Waals surface area contributed by atoms with Crippen molar-refractivity contribution in [3.05, 3.63) is 64.7 Å². The summed E-state index contributed by atoms with van der Waals surface area (Å²) in [5, 5.41) is 3.69. The lowest BCUT2D eigenvalue weighted by atomic mass is 10.1. The lowest BCUT2D eigenvalue weighted by Gasteiger charge is -2.30. The van der Waals surface area contributed by atoms with Crippen molar-refractivity contribution < 1.29 is 18.0 Å². The third kappa shape index (κ3) is 7.71. The van der Waals surface area contributed by atoms with E-state index in [-0.39, 0.29) is 37.4 Å². The molecule has 1 aliphatic carbocycles. The Morgan fingerprint density at radius 1 is 1.08 bits per heavy atom. The van der Waals surface area contributed by atoms with Gasteiger partial charge in [0, 0.05) is 30.6 Å². The third-order valence-corrected chi connectivity index (χ3v) is 8.10. The van der Waals surface area contributed by atoms with Crippen molar-refractivity contribution in [1.82, 2.24) is 10.2 Å². The Bertz CT molecular complexity index is 1150. The minimum Gasteiger partial charge on any atom is -0.352 e. The Labute approximate surface area is 219 Å². The van der Waals surface area contributed by atoms with Crippen LogP contribution in [-0.2, 0) is 26.2 Å². The third-order valence-electron chi connectivity index (χ3n) is 6.67. The first kappa shape index (κ1) is 28.0. The molecule has 0 saturated heterocycles. The average Bonchev–Trinajstić information content (AvgIpc) is 3.34. The van der Waals surface area contributed by atoms with Crippen molar-refractivity contribution in [3.8, 4) is 0 Å². The van der Waals surface area contributed by atoms with E-state index in [1.54, 1.807) is 36.1 Å². The van der Waals surface area contributed by atoms with Gasteiger partial charge in [-0.05, 0) is 62.4 Å². The van der Waals surface area contributed by atoms with Gasteiger partial charge >= 0.3 is 0 Å². The van der Waals surface area contributed by atoms with E-state index >= 15 is 0 Å². The highest BCUT2D eigenvalue weighted by atomic mass is 35.5. The Morgan fingerprint density at radius 2 is 1.72 bits per heavy atom. The van der Waals surface area contributed by atoms with E-state index in [1.165, 1.54) is 10.6 Å². The second-order valence-corrected chi connectivity index (χ2v) is 11.9. The van der Waals surface area contributed by atoms with Crippen LogP contribution in [0.4, 0.5) is 5.69 Å². The van der Waals surface area contributed by atoms with Crippen molar-refractivity contribution in [2.45, 2.75) is 71.0 Å². The highest BCUT2D eigenvalue weighted by molar-refractivity contribution is 7.92. The van der Waals surface area contributed by atoms with Gasteiger partial charge in [0.2, 0.25) is 21.8 Å². The molecule has 9 heteroatoms. The summed E-state index contributed by atoms with van der Waals surface area (Å²) in [6.07, 6.45) is 5.74. The van der Waals surface area contributed by atoms with Gasteiger partial charge in [0.05, 0.1) is 11.9 Å². The maximum Gasteiger partial charge on any atom is 0.242 e. The van der Waals surface area contributed by atoms with Crippen LogP contribution < -0.4 is 9.62 Å². The fourth-order valence-corrected chi connectivity index (χ4v) is 5.74. The van der Waals surface area contributed by atoms with E-state index in [0.29, 0.717) is 17.1 Å². The number of aryl methyl sites for hydroxylation is 1. The number of carbonyl (C=O) groups excluding carboxylic acids is 2. The molecule has 0 heterocycles. The number of amides is 2. The van der Waals surface area contributed by atoms with Gasteiger partial charge in [0.25, 0.3) is 0 Å². The molecular weight excluding hydrogens is 498 g/mol. The van der Waals surface area contributed by atoms with Crippen LogP contribution in [0.25, 0.3) is 0 Å². The van der Waals surface area contributed by atoms with E-state index in [4.69, 9.17) is 11.6 Å². The van der Waals surface area contributed by atoms with Crippen LogP contribution >= 0.6 is 11.6 Å². The lowest BCUT2D eigenvalue weighted by molar-refractivity contribution is -0.141. The van der Waals surface area contributed by atoms with Gasteiger partial charge in [0.15, 0.2) is 0 Å². The normalized spacial score (nSPS) is 14.9. The maximum absolute atomic E-state index is 13.4. The van der Waals surface area contributed by atoms with Gasteiger partial charge < -0.3 is 10.2 Å². The number of nitrogens with zero attached hydrogens (tertiary/aromatic N) is 2. The molecule has 1 aliphatic rings.